The zero-order chi connectivity index (χ0) is 23.8. The monoisotopic (exact) mass is 464 g/mol. The maximum atomic E-state index is 12.5. The van der Waals surface area contributed by atoms with E-state index in [-0.39, 0.29) is 23.4 Å². The fourth-order valence-corrected chi connectivity index (χ4v) is 3.65. The van der Waals surface area contributed by atoms with Crippen LogP contribution < -0.4 is 20.1 Å². The maximum absolute atomic E-state index is 12.5. The van der Waals surface area contributed by atoms with Crippen molar-refractivity contribution < 1.29 is 23.9 Å². The number of hydrogen-bond acceptors (Lipinski definition) is 6. The highest BCUT2D eigenvalue weighted by molar-refractivity contribution is 8.00. The van der Waals surface area contributed by atoms with Crippen molar-refractivity contribution >= 4 is 40.7 Å². The molecule has 2 N–H and O–H groups in total. The fraction of sp³-hybridized carbons (Fsp3) is 0.160. The molecule has 3 rings (SSSR count). The van der Waals surface area contributed by atoms with Crippen molar-refractivity contribution in [3.63, 3.8) is 0 Å². The number of thioether (sulfide) groups is 1. The Morgan fingerprint density at radius 2 is 1.33 bits per heavy atom. The summed E-state index contributed by atoms with van der Waals surface area (Å²) >= 11 is 1.38. The molecule has 7 nitrogen and oxygen atoms in total. The Hall–Kier alpha value is -3.78. The fourth-order valence-electron chi connectivity index (χ4n) is 2.95. The second-order valence-corrected chi connectivity index (χ2v) is 8.07. The van der Waals surface area contributed by atoms with Crippen LogP contribution in [0.4, 0.5) is 11.4 Å². The molecule has 0 saturated carbocycles. The Balaban J connectivity index is 1.52. The molecule has 8 heteroatoms. The van der Waals surface area contributed by atoms with Crippen LogP contribution in [0.3, 0.4) is 0 Å². The van der Waals surface area contributed by atoms with E-state index < -0.39 is 0 Å². The minimum atomic E-state index is -0.272. The molecule has 0 unspecified atom stereocenters. The molecule has 3 aromatic rings. The molecule has 170 valence electrons. The Morgan fingerprint density at radius 3 is 1.94 bits per heavy atom. The first kappa shape index (κ1) is 23.9. The van der Waals surface area contributed by atoms with Gasteiger partial charge in [0.1, 0.15) is 0 Å². The highest BCUT2D eigenvalue weighted by Crippen LogP contribution is 2.28. The van der Waals surface area contributed by atoms with Crippen molar-refractivity contribution in [3.8, 4) is 11.5 Å². The summed E-state index contributed by atoms with van der Waals surface area (Å²) in [7, 11) is 3.05. The van der Waals surface area contributed by atoms with E-state index in [4.69, 9.17) is 9.47 Å². The highest BCUT2D eigenvalue weighted by atomic mass is 32.2. The van der Waals surface area contributed by atoms with E-state index >= 15 is 0 Å². The van der Waals surface area contributed by atoms with Gasteiger partial charge in [-0.3, -0.25) is 14.4 Å². The van der Waals surface area contributed by atoms with Gasteiger partial charge in [-0.1, -0.05) is 0 Å². The van der Waals surface area contributed by atoms with Gasteiger partial charge in [0.25, 0.3) is 5.91 Å². The number of nitrogens with one attached hydrogen (secondary N) is 2. The number of anilines is 2. The molecule has 0 aliphatic carbocycles. The molecule has 0 aliphatic rings. The largest absolute Gasteiger partial charge is 0.493 e. The smallest absolute Gasteiger partial charge is 0.255 e. The number of ether oxygens (including phenoxy) is 2. The molecular weight excluding hydrogens is 440 g/mol. The van der Waals surface area contributed by atoms with E-state index in [1.165, 1.54) is 32.9 Å². The van der Waals surface area contributed by atoms with Gasteiger partial charge in [-0.15, -0.1) is 11.8 Å². The lowest BCUT2D eigenvalue weighted by Gasteiger charge is -2.10. The zero-order valence-corrected chi connectivity index (χ0v) is 19.3. The highest BCUT2D eigenvalue weighted by Gasteiger charge is 2.11. The Kier molecular flexibility index (Phi) is 8.10. The van der Waals surface area contributed by atoms with Gasteiger partial charge in [-0.05, 0) is 73.7 Å². The van der Waals surface area contributed by atoms with Crippen LogP contribution in [-0.4, -0.2) is 37.6 Å². The van der Waals surface area contributed by atoms with Crippen LogP contribution in [0.15, 0.2) is 71.6 Å². The van der Waals surface area contributed by atoms with Crippen molar-refractivity contribution in [2.75, 3.05) is 30.6 Å². The Morgan fingerprint density at radius 1 is 0.758 bits per heavy atom. The number of rotatable bonds is 9. The normalized spacial score (nSPS) is 10.3. The number of hydrogen-bond donors (Lipinski definition) is 2. The van der Waals surface area contributed by atoms with E-state index in [0.717, 1.165) is 4.90 Å². The lowest BCUT2D eigenvalue weighted by Crippen LogP contribution is -2.14. The standard InChI is InChI=1S/C25H24N2O5S/c1-16(28)17-4-7-19(8-5-17)26-24(29)15-33-21-11-9-20(10-12-21)27-25(30)18-6-13-22(31-2)23(14-18)32-3/h4-14H,15H2,1-3H3,(H,26,29)(H,27,30). The summed E-state index contributed by atoms with van der Waals surface area (Å²) in [4.78, 5) is 36.9. The number of methoxy groups -OCH3 is 2. The SMILES string of the molecule is COc1ccc(C(=O)Nc2ccc(SCC(=O)Nc3ccc(C(C)=O)cc3)cc2)cc1OC. The van der Waals surface area contributed by atoms with Crippen molar-refractivity contribution in [1.82, 2.24) is 0 Å². The number of ketones is 1. The van der Waals surface area contributed by atoms with Gasteiger partial charge in [0.15, 0.2) is 17.3 Å². The molecule has 0 atom stereocenters. The van der Waals surface area contributed by atoms with Crippen LogP contribution in [0.1, 0.15) is 27.6 Å². The number of carbonyl (C=O) groups excluding carboxylic acids is 3. The number of carbonyl (C=O) groups is 3. The summed E-state index contributed by atoms with van der Waals surface area (Å²) < 4.78 is 10.4. The Bertz CT molecular complexity index is 1140. The molecule has 0 aromatic heterocycles. The molecule has 0 bridgehead atoms. The maximum Gasteiger partial charge on any atom is 0.255 e. The third-order valence-electron chi connectivity index (χ3n) is 4.70. The van der Waals surface area contributed by atoms with Crippen LogP contribution in [0.25, 0.3) is 0 Å². The van der Waals surface area contributed by atoms with Crippen LogP contribution in [0, 0.1) is 0 Å². The minimum absolute atomic E-state index is 0.0215. The van der Waals surface area contributed by atoms with Gasteiger partial charge in [0.2, 0.25) is 5.91 Å². The van der Waals surface area contributed by atoms with Crippen LogP contribution in [0.2, 0.25) is 0 Å². The van der Waals surface area contributed by atoms with Crippen molar-refractivity contribution in [2.45, 2.75) is 11.8 Å². The average Bonchev–Trinajstić information content (AvgIpc) is 2.83. The number of benzene rings is 3. The Labute approximate surface area is 196 Å². The van der Waals surface area contributed by atoms with Crippen LogP contribution in [0.5, 0.6) is 11.5 Å². The molecular formula is C25H24N2O5S. The van der Waals surface area contributed by atoms with Gasteiger partial charge < -0.3 is 20.1 Å². The second kappa shape index (κ2) is 11.2. The molecule has 3 aromatic carbocycles. The predicted octanol–water partition coefficient (Wildman–Crippen LogP) is 4.89. The zero-order valence-electron chi connectivity index (χ0n) is 18.5. The molecule has 0 radical (unpaired) electrons. The lowest BCUT2D eigenvalue weighted by atomic mass is 10.1. The predicted molar refractivity (Wildman–Crippen MR) is 130 cm³/mol. The van der Waals surface area contributed by atoms with E-state index in [1.807, 2.05) is 12.1 Å². The van der Waals surface area contributed by atoms with Crippen LogP contribution >= 0.6 is 11.8 Å². The van der Waals surface area contributed by atoms with Gasteiger partial charge in [0.05, 0.1) is 20.0 Å². The first-order chi connectivity index (χ1) is 15.9. The van der Waals surface area contributed by atoms with Gasteiger partial charge >= 0.3 is 0 Å². The first-order valence-electron chi connectivity index (χ1n) is 10.1. The molecule has 0 saturated heterocycles. The third-order valence-corrected chi connectivity index (χ3v) is 5.72. The van der Waals surface area contributed by atoms with Crippen molar-refractivity contribution in [2.24, 2.45) is 0 Å². The van der Waals surface area contributed by atoms with E-state index in [0.29, 0.717) is 34.0 Å². The average molecular weight is 465 g/mol. The van der Waals surface area contributed by atoms with Gasteiger partial charge in [-0.25, -0.2) is 0 Å². The van der Waals surface area contributed by atoms with Crippen molar-refractivity contribution in [1.29, 1.82) is 0 Å². The van der Waals surface area contributed by atoms with E-state index in [1.54, 1.807) is 54.6 Å². The van der Waals surface area contributed by atoms with E-state index in [9.17, 15) is 14.4 Å². The molecule has 0 heterocycles. The number of amides is 2. The number of Topliss-reactive ketones (excluding diaryl/α,β-unsaturated/α-hetero) is 1. The molecule has 0 fully saturated rings. The van der Waals surface area contributed by atoms with Gasteiger partial charge in [-0.2, -0.15) is 0 Å². The van der Waals surface area contributed by atoms with Gasteiger partial charge in [0, 0.05) is 27.4 Å². The lowest BCUT2D eigenvalue weighted by molar-refractivity contribution is -0.113. The molecule has 0 spiro atoms. The summed E-state index contributed by atoms with van der Waals surface area (Å²) in [6.07, 6.45) is 0. The summed E-state index contributed by atoms with van der Waals surface area (Å²) in [6, 6.07) is 18.9. The summed E-state index contributed by atoms with van der Waals surface area (Å²) in [5, 5.41) is 5.64. The first-order valence-corrected chi connectivity index (χ1v) is 11.0. The third kappa shape index (κ3) is 6.60. The summed E-state index contributed by atoms with van der Waals surface area (Å²) in [5.74, 6) is 0.809. The van der Waals surface area contributed by atoms with Crippen LogP contribution in [-0.2, 0) is 4.79 Å². The molecule has 33 heavy (non-hydrogen) atoms. The molecule has 0 aliphatic heterocycles. The minimum Gasteiger partial charge on any atom is -0.493 e. The molecule has 2 amide bonds. The quantitative estimate of drug-likeness (QED) is 0.346. The topological polar surface area (TPSA) is 93.7 Å². The van der Waals surface area contributed by atoms with E-state index in [2.05, 4.69) is 10.6 Å². The summed E-state index contributed by atoms with van der Waals surface area (Å²) in [6.45, 7) is 1.50. The summed E-state index contributed by atoms with van der Waals surface area (Å²) in [5.41, 5.74) is 2.31. The second-order valence-electron chi connectivity index (χ2n) is 7.02. The van der Waals surface area contributed by atoms with Crippen molar-refractivity contribution in [3.05, 3.63) is 77.9 Å².